The number of thioether (sulfide) groups is 1. The maximum Gasteiger partial charge on any atom is 0.341 e. The number of nitrogens with one attached hydrogen (secondary N) is 1. The fraction of sp³-hybridized carbons (Fsp3) is 0.391. The summed E-state index contributed by atoms with van der Waals surface area (Å²) in [4.78, 5) is 25.9. The Hall–Kier alpha value is -2.85. The molecule has 3 aromatic rings. The standard InChI is InChI=1S/C23H28N4O4S2/c1-6-27-18(12-31-17-10-8-9-14(3)11-17)25-26-23(27)32-13-19(28)24-21-20(22(29)30-7-2)15(4)16(5)33-21/h8-11H,6-7,12-13H2,1-5H3,(H,24,28). The first kappa shape index (κ1) is 24.8. The smallest absolute Gasteiger partial charge is 0.341 e. The molecule has 10 heteroatoms. The van der Waals surface area contributed by atoms with Crippen LogP contribution in [-0.4, -0.2) is 39.0 Å². The third-order valence-corrected chi connectivity index (χ3v) is 7.01. The van der Waals surface area contributed by atoms with Crippen molar-refractivity contribution in [1.82, 2.24) is 14.8 Å². The van der Waals surface area contributed by atoms with Gasteiger partial charge in [-0.25, -0.2) is 4.79 Å². The lowest BCUT2D eigenvalue weighted by Crippen LogP contribution is -2.17. The van der Waals surface area contributed by atoms with Crippen LogP contribution in [0.3, 0.4) is 0 Å². The molecule has 0 radical (unpaired) electrons. The van der Waals surface area contributed by atoms with Gasteiger partial charge in [-0.3, -0.25) is 4.79 Å². The zero-order chi connectivity index (χ0) is 24.0. The minimum Gasteiger partial charge on any atom is -0.486 e. The van der Waals surface area contributed by atoms with Gasteiger partial charge in [-0.2, -0.15) is 0 Å². The van der Waals surface area contributed by atoms with Crippen LogP contribution in [0.4, 0.5) is 5.00 Å². The third-order valence-electron chi connectivity index (χ3n) is 4.92. The molecule has 1 aromatic carbocycles. The van der Waals surface area contributed by atoms with Crippen molar-refractivity contribution >= 4 is 40.0 Å². The van der Waals surface area contributed by atoms with Crippen LogP contribution in [0.2, 0.25) is 0 Å². The molecule has 2 heterocycles. The number of hydrogen-bond donors (Lipinski definition) is 1. The van der Waals surface area contributed by atoms with Gasteiger partial charge in [0.2, 0.25) is 5.91 Å². The van der Waals surface area contributed by atoms with Crippen LogP contribution in [0.25, 0.3) is 0 Å². The number of anilines is 1. The Labute approximate surface area is 201 Å². The van der Waals surface area contributed by atoms with Crippen LogP contribution < -0.4 is 10.1 Å². The number of esters is 1. The minimum atomic E-state index is -0.425. The Balaban J connectivity index is 1.63. The summed E-state index contributed by atoms with van der Waals surface area (Å²) in [6, 6.07) is 7.82. The highest BCUT2D eigenvalue weighted by Gasteiger charge is 2.22. The maximum atomic E-state index is 12.6. The van der Waals surface area contributed by atoms with Gasteiger partial charge >= 0.3 is 5.97 Å². The average Bonchev–Trinajstić information content (AvgIpc) is 3.30. The molecule has 0 unspecified atom stereocenters. The molecule has 0 bridgehead atoms. The van der Waals surface area contributed by atoms with Crippen molar-refractivity contribution < 1.29 is 19.1 Å². The number of carbonyl (C=O) groups excluding carboxylic acids is 2. The molecule has 3 rings (SSSR count). The van der Waals surface area contributed by atoms with Crippen LogP contribution >= 0.6 is 23.1 Å². The Morgan fingerprint density at radius 2 is 1.97 bits per heavy atom. The quantitative estimate of drug-likeness (QED) is 0.324. The SMILES string of the molecule is CCOC(=O)c1c(NC(=O)CSc2nnc(COc3cccc(C)c3)n2CC)sc(C)c1C. The summed E-state index contributed by atoms with van der Waals surface area (Å²) in [5.41, 5.74) is 2.37. The first-order valence-corrected chi connectivity index (χ1v) is 12.5. The van der Waals surface area contributed by atoms with E-state index in [0.29, 0.717) is 28.1 Å². The Kier molecular flexibility index (Phi) is 8.51. The number of hydrogen-bond acceptors (Lipinski definition) is 8. The van der Waals surface area contributed by atoms with Crippen molar-refractivity contribution in [2.75, 3.05) is 17.7 Å². The number of nitrogens with zero attached hydrogens (tertiary/aromatic N) is 3. The molecule has 176 valence electrons. The van der Waals surface area contributed by atoms with Crippen molar-refractivity contribution in [1.29, 1.82) is 0 Å². The van der Waals surface area contributed by atoms with E-state index in [1.807, 2.05) is 56.5 Å². The molecule has 2 aromatic heterocycles. The molecular weight excluding hydrogens is 460 g/mol. The van der Waals surface area contributed by atoms with E-state index in [1.54, 1.807) is 6.92 Å². The number of aromatic nitrogens is 3. The molecule has 1 amide bonds. The molecule has 0 aliphatic carbocycles. The van der Waals surface area contributed by atoms with E-state index in [2.05, 4.69) is 15.5 Å². The second-order valence-electron chi connectivity index (χ2n) is 7.29. The van der Waals surface area contributed by atoms with E-state index in [0.717, 1.165) is 21.8 Å². The molecule has 8 nitrogen and oxygen atoms in total. The van der Waals surface area contributed by atoms with Crippen LogP contribution in [-0.2, 0) is 22.7 Å². The number of ether oxygens (including phenoxy) is 2. The summed E-state index contributed by atoms with van der Waals surface area (Å²) in [5.74, 6) is 0.945. The second-order valence-corrected chi connectivity index (χ2v) is 9.46. The number of benzene rings is 1. The highest BCUT2D eigenvalue weighted by atomic mass is 32.2. The highest BCUT2D eigenvalue weighted by Crippen LogP contribution is 2.33. The average molecular weight is 489 g/mol. The second kappa shape index (κ2) is 11.3. The largest absolute Gasteiger partial charge is 0.486 e. The van der Waals surface area contributed by atoms with E-state index in [9.17, 15) is 9.59 Å². The fourth-order valence-corrected chi connectivity index (χ4v) is 5.05. The lowest BCUT2D eigenvalue weighted by Gasteiger charge is -2.09. The summed E-state index contributed by atoms with van der Waals surface area (Å²) >= 11 is 2.66. The first-order chi connectivity index (χ1) is 15.8. The summed E-state index contributed by atoms with van der Waals surface area (Å²) in [5, 5.41) is 12.5. The molecule has 0 spiro atoms. The van der Waals surface area contributed by atoms with Crippen molar-refractivity contribution in [3.63, 3.8) is 0 Å². The zero-order valence-corrected chi connectivity index (χ0v) is 21.1. The van der Waals surface area contributed by atoms with Gasteiger partial charge in [0.15, 0.2) is 11.0 Å². The summed E-state index contributed by atoms with van der Waals surface area (Å²) in [6.45, 7) is 10.7. The number of carbonyl (C=O) groups is 2. The molecule has 0 fully saturated rings. The number of amides is 1. The normalized spacial score (nSPS) is 10.8. The lowest BCUT2D eigenvalue weighted by atomic mass is 10.1. The first-order valence-electron chi connectivity index (χ1n) is 10.6. The third kappa shape index (κ3) is 6.14. The van der Waals surface area contributed by atoms with Crippen LogP contribution in [0, 0.1) is 20.8 Å². The Bertz CT molecular complexity index is 1140. The number of thiophene rings is 1. The molecule has 1 N–H and O–H groups in total. The molecule has 0 saturated heterocycles. The van der Waals surface area contributed by atoms with Gasteiger partial charge in [-0.05, 0) is 57.9 Å². The van der Waals surface area contributed by atoms with Gasteiger partial charge in [0.05, 0.1) is 17.9 Å². The Morgan fingerprint density at radius 1 is 1.18 bits per heavy atom. The topological polar surface area (TPSA) is 95.3 Å². The fourth-order valence-electron chi connectivity index (χ4n) is 3.16. The molecule has 0 saturated carbocycles. The maximum absolute atomic E-state index is 12.6. The van der Waals surface area contributed by atoms with Crippen molar-refractivity contribution in [2.24, 2.45) is 0 Å². The van der Waals surface area contributed by atoms with E-state index in [1.165, 1.54) is 23.1 Å². The lowest BCUT2D eigenvalue weighted by molar-refractivity contribution is -0.113. The summed E-state index contributed by atoms with van der Waals surface area (Å²) in [6.07, 6.45) is 0. The number of aryl methyl sites for hydroxylation is 2. The van der Waals surface area contributed by atoms with E-state index in [-0.39, 0.29) is 24.9 Å². The van der Waals surface area contributed by atoms with Gasteiger partial charge in [-0.15, -0.1) is 21.5 Å². The molecule has 0 aliphatic heterocycles. The zero-order valence-electron chi connectivity index (χ0n) is 19.4. The molecular formula is C23H28N4O4S2. The van der Waals surface area contributed by atoms with E-state index < -0.39 is 5.97 Å². The van der Waals surface area contributed by atoms with E-state index in [4.69, 9.17) is 9.47 Å². The summed E-state index contributed by atoms with van der Waals surface area (Å²) in [7, 11) is 0. The van der Waals surface area contributed by atoms with Gasteiger partial charge in [-0.1, -0.05) is 23.9 Å². The van der Waals surface area contributed by atoms with Crippen molar-refractivity contribution in [3.05, 3.63) is 51.7 Å². The van der Waals surface area contributed by atoms with Gasteiger partial charge < -0.3 is 19.4 Å². The van der Waals surface area contributed by atoms with Gasteiger partial charge in [0, 0.05) is 11.4 Å². The van der Waals surface area contributed by atoms with E-state index >= 15 is 0 Å². The number of rotatable bonds is 10. The van der Waals surface area contributed by atoms with Gasteiger partial charge in [0.25, 0.3) is 0 Å². The molecule has 33 heavy (non-hydrogen) atoms. The van der Waals surface area contributed by atoms with Crippen LogP contribution in [0.5, 0.6) is 5.75 Å². The van der Waals surface area contributed by atoms with Gasteiger partial charge in [0.1, 0.15) is 17.4 Å². The monoisotopic (exact) mass is 488 g/mol. The minimum absolute atomic E-state index is 0.134. The molecule has 0 aliphatic rings. The predicted molar refractivity (Wildman–Crippen MR) is 130 cm³/mol. The van der Waals surface area contributed by atoms with Crippen LogP contribution in [0.1, 0.15) is 46.0 Å². The highest BCUT2D eigenvalue weighted by molar-refractivity contribution is 7.99. The van der Waals surface area contributed by atoms with Crippen LogP contribution in [0.15, 0.2) is 29.4 Å². The predicted octanol–water partition coefficient (Wildman–Crippen LogP) is 4.77. The Morgan fingerprint density at radius 3 is 2.67 bits per heavy atom. The van der Waals surface area contributed by atoms with Crippen molar-refractivity contribution in [2.45, 2.75) is 52.9 Å². The van der Waals surface area contributed by atoms with Crippen molar-refractivity contribution in [3.8, 4) is 5.75 Å². The summed E-state index contributed by atoms with van der Waals surface area (Å²) < 4.78 is 12.9. The molecule has 0 atom stereocenters.